The number of hydrogen-bond donors (Lipinski definition) is 1. The predicted molar refractivity (Wildman–Crippen MR) is 433 cm³/mol. The van der Waals surface area contributed by atoms with E-state index in [9.17, 15) is 32.3 Å². The number of carbonyl (C=O) groups is 4. The number of likely N-dealkylation sites (N-methyl/N-ethyl adjacent to an activating group) is 1. The van der Waals surface area contributed by atoms with E-state index in [1.54, 1.807) is 38.0 Å². The van der Waals surface area contributed by atoms with Crippen LogP contribution in [0.15, 0.2) is 116 Å². The van der Waals surface area contributed by atoms with Crippen LogP contribution >= 0.6 is 11.6 Å². The molecular weight excluding hydrogens is 1510 g/mol. The average Bonchev–Trinajstić information content (AvgIpc) is 1.60. The van der Waals surface area contributed by atoms with E-state index < -0.39 is 12.6 Å². The Kier molecular flexibility index (Phi) is 22.3. The van der Waals surface area contributed by atoms with Crippen LogP contribution in [0.3, 0.4) is 0 Å². The number of nitrogens with one attached hydrogen (secondary N) is 1. The zero-order chi connectivity index (χ0) is 81.0. The zero-order valence-electron chi connectivity index (χ0n) is 66.5. The summed E-state index contributed by atoms with van der Waals surface area (Å²) in [6, 6.07) is 22.7. The monoisotopic (exact) mass is 1600 g/mol. The minimum atomic E-state index is -4.24. The Morgan fingerprint density at radius 3 is 1.33 bits per heavy atom. The normalized spacial score (nSPS) is 19.5. The van der Waals surface area contributed by atoms with Crippen molar-refractivity contribution in [1.29, 1.82) is 0 Å². The molecule has 13 aromatic rings. The van der Waals surface area contributed by atoms with Crippen molar-refractivity contribution in [1.82, 2.24) is 88.5 Å². The minimum absolute atomic E-state index is 0.0558. The summed E-state index contributed by atoms with van der Waals surface area (Å²) in [5.41, 5.74) is 13.3. The number of ketones is 4. The van der Waals surface area contributed by atoms with E-state index in [2.05, 4.69) is 83.8 Å². The smallest absolute Gasteiger partial charge is 0.390 e. The summed E-state index contributed by atoms with van der Waals surface area (Å²) in [4.78, 5) is 71.5. The molecule has 19 rings (SSSR count). The summed E-state index contributed by atoms with van der Waals surface area (Å²) in [5, 5.41) is 31.7. The van der Waals surface area contributed by atoms with Crippen molar-refractivity contribution in [2.75, 3.05) is 13.6 Å². The van der Waals surface area contributed by atoms with Crippen molar-refractivity contribution in [3.05, 3.63) is 132 Å². The van der Waals surface area contributed by atoms with Crippen LogP contribution in [0.5, 0.6) is 23.5 Å². The van der Waals surface area contributed by atoms with E-state index >= 15 is 0 Å². The molecule has 5 aliphatic carbocycles. The summed E-state index contributed by atoms with van der Waals surface area (Å²) in [6.45, 7) is 9.83. The number of hydrogen-bond acceptors (Lipinski definition) is 19. The lowest BCUT2D eigenvalue weighted by Gasteiger charge is -2.25. The van der Waals surface area contributed by atoms with E-state index in [0.717, 1.165) is 128 Å². The number of H-pyrrole nitrogens is 1. The lowest BCUT2D eigenvalue weighted by molar-refractivity contribution is -0.137. The van der Waals surface area contributed by atoms with Gasteiger partial charge in [-0.15, -0.1) is 0 Å². The van der Waals surface area contributed by atoms with Crippen molar-refractivity contribution >= 4 is 89.2 Å². The van der Waals surface area contributed by atoms with Crippen LogP contribution in [0, 0.1) is 23.7 Å². The van der Waals surface area contributed by atoms with Gasteiger partial charge in [-0.05, 0) is 133 Å². The highest BCUT2D eigenvalue weighted by Gasteiger charge is 2.35. The second-order valence-electron chi connectivity index (χ2n) is 32.3. The van der Waals surface area contributed by atoms with Gasteiger partial charge in [0.2, 0.25) is 23.5 Å². The van der Waals surface area contributed by atoms with Crippen LogP contribution < -0.4 is 18.9 Å². The maximum atomic E-state index is 12.5. The third-order valence-corrected chi connectivity index (χ3v) is 23.6. The van der Waals surface area contributed by atoms with Crippen LogP contribution in [0.1, 0.15) is 141 Å². The molecule has 8 atom stereocenters. The predicted octanol–water partition coefficient (Wildman–Crippen LogP) is 15.9. The number of nitrogens with zero attached hydrogens (tertiary/aromatic N) is 17. The molecule has 11 aromatic heterocycles. The molecule has 0 bridgehead atoms. The number of rotatable bonds is 19. The Bertz CT molecular complexity index is 5870. The number of benzene rings is 2. The molecule has 2 aromatic carbocycles. The summed E-state index contributed by atoms with van der Waals surface area (Å²) >= 11 is 6.32. The highest BCUT2D eigenvalue weighted by molar-refractivity contribution is 6.35. The van der Waals surface area contributed by atoms with Gasteiger partial charge < -0.3 is 28.8 Å². The maximum absolute atomic E-state index is 12.5. The Hall–Kier alpha value is -11.2. The Morgan fingerprint density at radius 1 is 0.483 bits per heavy atom. The Balaban J connectivity index is 0.000000116. The van der Waals surface area contributed by atoms with Gasteiger partial charge in [0.1, 0.15) is 47.5 Å². The van der Waals surface area contributed by atoms with Crippen LogP contribution in [0.4, 0.5) is 13.2 Å². The molecule has 5 fully saturated rings. The van der Waals surface area contributed by atoms with Gasteiger partial charge in [0.15, 0.2) is 0 Å². The fraction of sp³-hybridized carbons (Fsp3) is 0.442. The molecule has 1 aliphatic heterocycles. The molecular formula is C86H94ClF3N18O8. The van der Waals surface area contributed by atoms with Crippen molar-refractivity contribution in [3.8, 4) is 68.7 Å². The molecule has 0 radical (unpaired) electrons. The number of Topliss-reactive ketones (excluding diaryl/α,β-unsaturated/α-hetero) is 4. The molecule has 0 spiro atoms. The number of aromatic nitrogens is 17. The third kappa shape index (κ3) is 17.9. The van der Waals surface area contributed by atoms with Gasteiger partial charge >= 0.3 is 6.18 Å². The van der Waals surface area contributed by atoms with E-state index in [4.69, 9.17) is 45.5 Å². The third-order valence-electron chi connectivity index (χ3n) is 23.3. The number of para-hydroxylation sites is 1. The molecule has 6 aliphatic rings. The number of alkyl halides is 3. The van der Waals surface area contributed by atoms with E-state index in [0.29, 0.717) is 120 Å². The van der Waals surface area contributed by atoms with Gasteiger partial charge in [-0.3, -0.25) is 47.3 Å². The molecule has 5 saturated carbocycles. The SMILES string of the molecule is C[C@@H](Oc1nc(-c2cc3cccc(Cl)c3[nH]2)cc2nn(C)cc12)[C@H]1CCC(=O)C1.C[C@@H](Oc1nc(-c2ccc3c(c2)CN(C)CC3)cc2nn(C)cc12)[C@H]1CCC(=O)C1.C[C@@H](Oc1nc(-c2cnn(C3CC3)c2)cc2nn(C)cc12)[C@H]1CCC(=O)C1.C[C@@H](Oc1nc(-c2cnn(CCC(F)(F)F)c2)cc2nn(C)cc12)[C@H]1CCC(=O)C1. The number of carbonyl (C=O) groups excluding carboxylic acids is 4. The minimum Gasteiger partial charge on any atom is -0.474 e. The fourth-order valence-electron chi connectivity index (χ4n) is 16.4. The van der Waals surface area contributed by atoms with E-state index in [-0.39, 0.29) is 60.4 Å². The molecule has 604 valence electrons. The van der Waals surface area contributed by atoms with E-state index in [1.807, 2.05) is 114 Å². The van der Waals surface area contributed by atoms with Gasteiger partial charge in [-0.2, -0.15) is 43.8 Å². The molecule has 0 saturated heterocycles. The molecule has 12 heterocycles. The molecule has 116 heavy (non-hydrogen) atoms. The number of aromatic amines is 1. The summed E-state index contributed by atoms with van der Waals surface area (Å²) < 4.78 is 72.7. The molecule has 30 heteroatoms. The Labute approximate surface area is 672 Å². The van der Waals surface area contributed by atoms with Gasteiger partial charge in [0.25, 0.3) is 0 Å². The number of pyridine rings is 4. The first-order chi connectivity index (χ1) is 55.7. The first-order valence-corrected chi connectivity index (χ1v) is 40.4. The Morgan fingerprint density at radius 2 is 0.905 bits per heavy atom. The highest BCUT2D eigenvalue weighted by atomic mass is 35.5. The maximum Gasteiger partial charge on any atom is 0.390 e. The average molecular weight is 1600 g/mol. The largest absolute Gasteiger partial charge is 0.474 e. The fourth-order valence-corrected chi connectivity index (χ4v) is 16.7. The summed E-state index contributed by atoms with van der Waals surface area (Å²) in [6.07, 6.45) is 20.7. The lowest BCUT2D eigenvalue weighted by atomic mass is 9.96. The number of aryl methyl sites for hydroxylation is 5. The lowest BCUT2D eigenvalue weighted by Crippen LogP contribution is -2.26. The second kappa shape index (κ2) is 32.8. The number of ether oxygens (including phenoxy) is 4. The standard InChI is InChI=1S/C24H28N4O2.C22H21ClN4O2.C20H22F3N5O2.C20H23N5O2/c1-15(17-6-7-20(29)11-17)30-24-21-14-28(3)26-23(21)12-22(25-24)18-5-4-16-8-9-27(2)13-19(16)10-18;1-12(13-6-7-15(28)8-13)29-22-16-11-27(2)26-18(16)10-20(25-22)19-9-14-4-3-5-17(23)21(14)24-19;1-12(13-3-4-15(29)7-13)30-19-16-11-27(2)26-18(16)8-17(25-19)14-9-24-28(10-14)6-5-20(21,22)23;1-12(13-3-6-16(26)7-13)27-20-17-11-24(2)23-19(17)8-18(22-20)14-9-21-25(10-14)15-4-5-15/h4-5,10,12,14-15,17H,6-9,11,13H2,1-3H3;3-5,9-13,24H,6-8H2,1-2H3;8-13H,3-7H2,1-2H3;8-13,15H,3-7H2,1-2H3/t15-,17+;3*12-,13+/m1111/s1. The van der Waals surface area contributed by atoms with Crippen molar-refractivity contribution < 1.29 is 51.3 Å². The number of fused-ring (bicyclic) bond motifs is 6. The molecule has 0 amide bonds. The number of halogens is 4. The first-order valence-electron chi connectivity index (χ1n) is 40.0. The van der Waals surface area contributed by atoms with Gasteiger partial charge in [-0.25, -0.2) is 19.9 Å². The first kappa shape index (κ1) is 78.7. The van der Waals surface area contributed by atoms with Crippen LogP contribution in [0.2, 0.25) is 5.02 Å². The molecule has 26 nitrogen and oxygen atoms in total. The van der Waals surface area contributed by atoms with Crippen molar-refractivity contribution in [2.45, 2.75) is 180 Å². The van der Waals surface area contributed by atoms with Gasteiger partial charge in [0.05, 0.1) is 107 Å². The van der Waals surface area contributed by atoms with E-state index in [1.165, 1.54) is 41.0 Å². The quantitative estimate of drug-likeness (QED) is 0.0787. The van der Waals surface area contributed by atoms with Gasteiger partial charge in [-0.1, -0.05) is 35.9 Å². The topological polar surface area (TPSA) is 283 Å². The second-order valence-corrected chi connectivity index (χ2v) is 32.7. The summed E-state index contributed by atoms with van der Waals surface area (Å²) in [7, 11) is 9.64. The van der Waals surface area contributed by atoms with Crippen molar-refractivity contribution in [3.63, 3.8) is 0 Å². The highest BCUT2D eigenvalue weighted by Crippen LogP contribution is 2.41. The van der Waals surface area contributed by atoms with Crippen molar-refractivity contribution in [2.24, 2.45) is 51.9 Å². The molecule has 0 unspecified atom stereocenters. The summed E-state index contributed by atoms with van der Waals surface area (Å²) in [5.74, 6) is 4.24. The molecule has 1 N–H and O–H groups in total. The van der Waals surface area contributed by atoms with Gasteiger partial charge in [0, 0.05) is 182 Å². The van der Waals surface area contributed by atoms with Crippen LogP contribution in [-0.2, 0) is 66.9 Å². The van der Waals surface area contributed by atoms with Crippen LogP contribution in [-0.4, -0.2) is 156 Å². The van der Waals surface area contributed by atoms with Crippen LogP contribution in [0.25, 0.3) is 99.7 Å². The zero-order valence-corrected chi connectivity index (χ0v) is 67.2.